The maximum Gasteiger partial charge on any atom is 0.254 e. The van der Waals surface area contributed by atoms with Gasteiger partial charge in [0.25, 0.3) is 5.91 Å². The van der Waals surface area contributed by atoms with E-state index in [1.807, 2.05) is 30.9 Å². The zero-order valence-corrected chi connectivity index (χ0v) is 17.4. The van der Waals surface area contributed by atoms with Crippen molar-refractivity contribution in [2.75, 3.05) is 31.5 Å². The average Bonchev–Trinajstić information content (AvgIpc) is 3.34. The van der Waals surface area contributed by atoms with Crippen molar-refractivity contribution in [2.45, 2.75) is 45.3 Å². The van der Waals surface area contributed by atoms with Crippen LogP contribution in [0.3, 0.4) is 0 Å². The minimum Gasteiger partial charge on any atom is -0.372 e. The Morgan fingerprint density at radius 2 is 1.71 bits per heavy atom. The van der Waals surface area contributed by atoms with Gasteiger partial charge in [-0.3, -0.25) is 9.59 Å². The van der Waals surface area contributed by atoms with Gasteiger partial charge >= 0.3 is 0 Å². The zero-order chi connectivity index (χ0) is 19.0. The smallest absolute Gasteiger partial charge is 0.254 e. The highest BCUT2D eigenvalue weighted by Crippen LogP contribution is 2.58. The van der Waals surface area contributed by atoms with Gasteiger partial charge in [-0.25, -0.2) is 0 Å². The van der Waals surface area contributed by atoms with Crippen LogP contribution in [0.5, 0.6) is 0 Å². The first kappa shape index (κ1) is 21.1. The highest BCUT2D eigenvalue weighted by molar-refractivity contribution is 5.97. The summed E-state index contributed by atoms with van der Waals surface area (Å²) in [4.78, 5) is 27.1. The van der Waals surface area contributed by atoms with E-state index < -0.39 is 0 Å². The Kier molecular flexibility index (Phi) is 6.32. The quantitative estimate of drug-likeness (QED) is 0.808. The first-order chi connectivity index (χ1) is 13.0. The Hall–Kier alpha value is -1.63. The summed E-state index contributed by atoms with van der Waals surface area (Å²) in [5.41, 5.74) is 1.64. The number of carbonyl (C=O) groups is 2. The molecule has 4 rings (SSSR count). The second-order valence-electron chi connectivity index (χ2n) is 8.40. The first-order valence-corrected chi connectivity index (χ1v) is 10.0. The van der Waals surface area contributed by atoms with Crippen molar-refractivity contribution in [3.63, 3.8) is 0 Å². The van der Waals surface area contributed by atoms with Crippen LogP contribution in [0.1, 0.15) is 43.5 Å². The molecule has 1 saturated carbocycles. The van der Waals surface area contributed by atoms with Crippen LogP contribution in [0.25, 0.3) is 0 Å². The molecular weight excluding hydrogens is 378 g/mol. The summed E-state index contributed by atoms with van der Waals surface area (Å²) in [6.45, 7) is 7.22. The van der Waals surface area contributed by atoms with Gasteiger partial charge in [0.1, 0.15) is 0 Å². The van der Waals surface area contributed by atoms with Gasteiger partial charge in [0.15, 0.2) is 0 Å². The number of halogens is 1. The van der Waals surface area contributed by atoms with E-state index in [0.29, 0.717) is 18.7 Å². The maximum absolute atomic E-state index is 12.7. The Balaban J connectivity index is 0.00000225. The number of piperidine rings is 1. The molecule has 2 amide bonds. The SMILES string of the molecule is CC1CN(C(=O)c2ccc(NC(=O)C3CC34CCNCC4)cc2)CC(C)O1.Cl. The molecule has 3 unspecified atom stereocenters. The lowest BCUT2D eigenvalue weighted by molar-refractivity contribution is -0.118. The first-order valence-electron chi connectivity index (χ1n) is 10.0. The minimum absolute atomic E-state index is 0. The third-order valence-electron chi connectivity index (χ3n) is 6.21. The lowest BCUT2D eigenvalue weighted by atomic mass is 9.92. The molecule has 3 aliphatic rings. The van der Waals surface area contributed by atoms with E-state index >= 15 is 0 Å². The van der Waals surface area contributed by atoms with Gasteiger partial charge in [-0.2, -0.15) is 0 Å². The molecule has 2 saturated heterocycles. The fourth-order valence-electron chi connectivity index (χ4n) is 4.65. The summed E-state index contributed by atoms with van der Waals surface area (Å²) in [6.07, 6.45) is 3.29. The number of hydrogen-bond donors (Lipinski definition) is 2. The van der Waals surface area contributed by atoms with Crippen molar-refractivity contribution in [3.05, 3.63) is 29.8 Å². The summed E-state index contributed by atoms with van der Waals surface area (Å²) < 4.78 is 5.70. The Labute approximate surface area is 172 Å². The minimum atomic E-state index is 0. The van der Waals surface area contributed by atoms with Gasteiger partial charge in [0.2, 0.25) is 5.91 Å². The molecule has 0 radical (unpaired) electrons. The standard InChI is InChI=1S/C21H29N3O3.ClH/c1-14-12-24(13-15(2)27-14)20(26)16-3-5-17(6-4-16)23-19(25)18-11-21(18)7-9-22-10-8-21;/h3-6,14-15,18,22H,7-13H2,1-2H3,(H,23,25);1H. The number of ether oxygens (including phenoxy) is 1. The molecule has 28 heavy (non-hydrogen) atoms. The second kappa shape index (κ2) is 8.39. The largest absolute Gasteiger partial charge is 0.372 e. The maximum atomic E-state index is 12.7. The van der Waals surface area contributed by atoms with E-state index in [0.717, 1.165) is 38.0 Å². The van der Waals surface area contributed by atoms with Gasteiger partial charge < -0.3 is 20.3 Å². The molecule has 3 atom stereocenters. The van der Waals surface area contributed by atoms with Gasteiger partial charge in [0.05, 0.1) is 12.2 Å². The number of nitrogens with one attached hydrogen (secondary N) is 2. The number of benzene rings is 1. The molecule has 7 heteroatoms. The number of hydrogen-bond acceptors (Lipinski definition) is 4. The third-order valence-corrected chi connectivity index (χ3v) is 6.21. The van der Waals surface area contributed by atoms with E-state index in [2.05, 4.69) is 10.6 Å². The molecule has 1 aromatic rings. The summed E-state index contributed by atoms with van der Waals surface area (Å²) in [7, 11) is 0. The number of nitrogens with zero attached hydrogens (tertiary/aromatic N) is 1. The van der Waals surface area contributed by atoms with Gasteiger partial charge in [-0.15, -0.1) is 12.4 Å². The zero-order valence-electron chi connectivity index (χ0n) is 16.6. The third kappa shape index (κ3) is 4.34. The molecular formula is C21H30ClN3O3. The van der Waals surface area contributed by atoms with E-state index in [-0.39, 0.29) is 47.8 Å². The molecule has 2 N–H and O–H groups in total. The molecule has 0 bridgehead atoms. The van der Waals surface area contributed by atoms with Crippen molar-refractivity contribution in [1.29, 1.82) is 0 Å². The predicted molar refractivity (Wildman–Crippen MR) is 111 cm³/mol. The molecule has 1 aromatic carbocycles. The van der Waals surface area contributed by atoms with Gasteiger partial charge in [-0.1, -0.05) is 0 Å². The fraction of sp³-hybridized carbons (Fsp3) is 0.619. The molecule has 1 aliphatic carbocycles. The van der Waals surface area contributed by atoms with Crippen molar-refractivity contribution in [2.24, 2.45) is 11.3 Å². The summed E-state index contributed by atoms with van der Waals surface area (Å²) in [5, 5.41) is 6.39. The van der Waals surface area contributed by atoms with Crippen LogP contribution in [-0.4, -0.2) is 55.1 Å². The summed E-state index contributed by atoms with van der Waals surface area (Å²) in [6, 6.07) is 7.26. The number of anilines is 1. The van der Waals surface area contributed by atoms with Gasteiger partial charge in [0, 0.05) is 30.3 Å². The van der Waals surface area contributed by atoms with E-state index in [9.17, 15) is 9.59 Å². The molecule has 154 valence electrons. The van der Waals surface area contributed by atoms with E-state index in [1.54, 1.807) is 12.1 Å². The lowest BCUT2D eigenvalue weighted by Crippen LogP contribution is -2.48. The lowest BCUT2D eigenvalue weighted by Gasteiger charge is -2.35. The van der Waals surface area contributed by atoms with Crippen LogP contribution < -0.4 is 10.6 Å². The Morgan fingerprint density at radius 1 is 1.11 bits per heavy atom. The number of amides is 2. The van der Waals surface area contributed by atoms with Crippen LogP contribution in [0, 0.1) is 11.3 Å². The molecule has 2 aliphatic heterocycles. The van der Waals surface area contributed by atoms with E-state index in [4.69, 9.17) is 4.74 Å². The highest BCUT2D eigenvalue weighted by Gasteiger charge is 2.57. The molecule has 3 fully saturated rings. The number of morpholine rings is 1. The number of rotatable bonds is 3. The topological polar surface area (TPSA) is 70.7 Å². The molecule has 2 heterocycles. The van der Waals surface area contributed by atoms with Crippen LogP contribution in [0.4, 0.5) is 5.69 Å². The average molecular weight is 408 g/mol. The summed E-state index contributed by atoms with van der Waals surface area (Å²) >= 11 is 0. The number of carbonyl (C=O) groups excluding carboxylic acids is 2. The monoisotopic (exact) mass is 407 g/mol. The Bertz CT molecular complexity index is 708. The Morgan fingerprint density at radius 3 is 2.32 bits per heavy atom. The van der Waals surface area contributed by atoms with Crippen LogP contribution in [-0.2, 0) is 9.53 Å². The molecule has 1 spiro atoms. The van der Waals surface area contributed by atoms with Crippen molar-refractivity contribution in [3.8, 4) is 0 Å². The van der Waals surface area contributed by atoms with Crippen molar-refractivity contribution in [1.82, 2.24) is 10.2 Å². The molecule has 6 nitrogen and oxygen atoms in total. The van der Waals surface area contributed by atoms with Crippen molar-refractivity contribution >= 4 is 29.9 Å². The summed E-state index contributed by atoms with van der Waals surface area (Å²) in [5.74, 6) is 0.273. The van der Waals surface area contributed by atoms with Crippen LogP contribution in [0.2, 0.25) is 0 Å². The van der Waals surface area contributed by atoms with Crippen LogP contribution >= 0.6 is 12.4 Å². The predicted octanol–water partition coefficient (Wildman–Crippen LogP) is 2.69. The second-order valence-corrected chi connectivity index (χ2v) is 8.40. The fourth-order valence-corrected chi connectivity index (χ4v) is 4.65. The highest BCUT2D eigenvalue weighted by atomic mass is 35.5. The van der Waals surface area contributed by atoms with E-state index in [1.165, 1.54) is 0 Å². The normalized spacial score (nSPS) is 28.4. The van der Waals surface area contributed by atoms with Gasteiger partial charge in [-0.05, 0) is 75.9 Å². The van der Waals surface area contributed by atoms with Crippen LogP contribution in [0.15, 0.2) is 24.3 Å². The molecule has 0 aromatic heterocycles. The van der Waals surface area contributed by atoms with Crippen molar-refractivity contribution < 1.29 is 14.3 Å².